The van der Waals surface area contributed by atoms with Crippen LogP contribution in [-0.2, 0) is 18.4 Å². The third-order valence-corrected chi connectivity index (χ3v) is 4.96. The minimum atomic E-state index is 0.112. The summed E-state index contributed by atoms with van der Waals surface area (Å²) in [4.78, 5) is 21.3. The van der Waals surface area contributed by atoms with Crippen molar-refractivity contribution in [3.63, 3.8) is 0 Å². The number of carbonyl (C=O) groups excluding carboxylic acids is 1. The van der Waals surface area contributed by atoms with Gasteiger partial charge in [0.2, 0.25) is 5.91 Å². The van der Waals surface area contributed by atoms with Crippen LogP contribution in [0.1, 0.15) is 12.0 Å². The van der Waals surface area contributed by atoms with Gasteiger partial charge in [0.15, 0.2) is 0 Å². The molecule has 4 rings (SSSR count). The molecule has 0 radical (unpaired) electrons. The van der Waals surface area contributed by atoms with E-state index in [-0.39, 0.29) is 11.8 Å². The van der Waals surface area contributed by atoms with Crippen molar-refractivity contribution in [2.45, 2.75) is 13.0 Å². The number of hydrogen-bond donors (Lipinski definition) is 0. The van der Waals surface area contributed by atoms with Crippen LogP contribution in [0.5, 0.6) is 0 Å². The van der Waals surface area contributed by atoms with Gasteiger partial charge in [-0.1, -0.05) is 6.07 Å². The molecule has 4 heterocycles. The summed E-state index contributed by atoms with van der Waals surface area (Å²) >= 11 is 0. The topological polar surface area (TPSA) is 54.3 Å². The van der Waals surface area contributed by atoms with Crippen molar-refractivity contribution in [3.05, 3.63) is 42.5 Å². The standard InChI is InChI=1S/C17H21N5O/c1-20-11-15(8-19-20)22-6-4-14-10-21(12-16(14)17(22)23)9-13-3-2-5-18-7-13/h2-3,5,7-8,11,14,16H,4,6,9-10,12H2,1H3/t14-,16+/m0/s1. The molecule has 2 atom stereocenters. The van der Waals surface area contributed by atoms with Crippen LogP contribution < -0.4 is 4.90 Å². The van der Waals surface area contributed by atoms with Crippen LogP contribution >= 0.6 is 0 Å². The lowest BCUT2D eigenvalue weighted by Gasteiger charge is -2.32. The molecular weight excluding hydrogens is 290 g/mol. The molecule has 0 unspecified atom stereocenters. The Bertz CT molecular complexity index is 698. The molecule has 0 spiro atoms. The lowest BCUT2D eigenvalue weighted by molar-refractivity contribution is -0.124. The predicted molar refractivity (Wildman–Crippen MR) is 86.7 cm³/mol. The van der Waals surface area contributed by atoms with Gasteiger partial charge in [-0.25, -0.2) is 0 Å². The van der Waals surface area contributed by atoms with E-state index in [0.717, 1.165) is 38.3 Å². The van der Waals surface area contributed by atoms with E-state index >= 15 is 0 Å². The Balaban J connectivity index is 1.46. The van der Waals surface area contributed by atoms with Crippen molar-refractivity contribution in [1.82, 2.24) is 19.7 Å². The van der Waals surface area contributed by atoms with E-state index < -0.39 is 0 Å². The number of carbonyl (C=O) groups is 1. The molecule has 23 heavy (non-hydrogen) atoms. The third kappa shape index (κ3) is 2.74. The first-order valence-electron chi connectivity index (χ1n) is 8.12. The highest BCUT2D eigenvalue weighted by Gasteiger charge is 2.43. The van der Waals surface area contributed by atoms with Crippen LogP contribution in [0.2, 0.25) is 0 Å². The lowest BCUT2D eigenvalue weighted by Crippen LogP contribution is -2.45. The number of rotatable bonds is 3. The second-order valence-corrected chi connectivity index (χ2v) is 6.57. The summed E-state index contributed by atoms with van der Waals surface area (Å²) in [6, 6.07) is 4.06. The van der Waals surface area contributed by atoms with Crippen molar-refractivity contribution >= 4 is 11.6 Å². The van der Waals surface area contributed by atoms with E-state index in [0.29, 0.717) is 5.92 Å². The number of piperidine rings is 1. The minimum Gasteiger partial charge on any atom is -0.309 e. The first-order valence-corrected chi connectivity index (χ1v) is 8.12. The zero-order valence-electron chi connectivity index (χ0n) is 13.3. The average Bonchev–Trinajstić information content (AvgIpc) is 3.15. The zero-order chi connectivity index (χ0) is 15.8. The molecule has 6 heteroatoms. The first kappa shape index (κ1) is 14.4. The second kappa shape index (κ2) is 5.77. The molecule has 1 amide bonds. The number of likely N-dealkylation sites (tertiary alicyclic amines) is 1. The third-order valence-electron chi connectivity index (χ3n) is 4.96. The maximum absolute atomic E-state index is 12.9. The molecule has 0 saturated carbocycles. The van der Waals surface area contributed by atoms with Gasteiger partial charge < -0.3 is 4.90 Å². The Morgan fingerprint density at radius 2 is 2.22 bits per heavy atom. The fraction of sp³-hybridized carbons (Fsp3) is 0.471. The summed E-state index contributed by atoms with van der Waals surface area (Å²) in [6.07, 6.45) is 8.46. The normalized spacial score (nSPS) is 24.9. The summed E-state index contributed by atoms with van der Waals surface area (Å²) < 4.78 is 1.75. The Hall–Kier alpha value is -2.21. The lowest BCUT2D eigenvalue weighted by atomic mass is 9.88. The van der Waals surface area contributed by atoms with Crippen LogP contribution in [0.4, 0.5) is 5.69 Å². The maximum Gasteiger partial charge on any atom is 0.231 e. The van der Waals surface area contributed by atoms with Gasteiger partial charge in [0.25, 0.3) is 0 Å². The summed E-state index contributed by atoms with van der Waals surface area (Å²) in [5.41, 5.74) is 2.13. The summed E-state index contributed by atoms with van der Waals surface area (Å²) in [7, 11) is 1.88. The number of aryl methyl sites for hydroxylation is 1. The molecule has 0 bridgehead atoms. The number of amides is 1. The van der Waals surface area contributed by atoms with Gasteiger partial charge in [0, 0.05) is 51.8 Å². The molecule has 2 aromatic heterocycles. The van der Waals surface area contributed by atoms with E-state index in [1.807, 2.05) is 30.4 Å². The molecule has 2 aliphatic rings. The summed E-state index contributed by atoms with van der Waals surface area (Å²) in [6.45, 7) is 3.52. The monoisotopic (exact) mass is 311 g/mol. The van der Waals surface area contributed by atoms with Gasteiger partial charge in [0.05, 0.1) is 17.8 Å². The highest BCUT2D eigenvalue weighted by Crippen LogP contribution is 2.34. The minimum absolute atomic E-state index is 0.112. The fourth-order valence-electron chi connectivity index (χ4n) is 3.82. The van der Waals surface area contributed by atoms with Crippen molar-refractivity contribution in [1.29, 1.82) is 0 Å². The molecule has 2 saturated heterocycles. The van der Waals surface area contributed by atoms with Crippen LogP contribution in [-0.4, -0.2) is 45.2 Å². The van der Waals surface area contributed by atoms with Crippen molar-refractivity contribution in [3.8, 4) is 0 Å². The second-order valence-electron chi connectivity index (χ2n) is 6.57. The molecule has 2 aliphatic heterocycles. The van der Waals surface area contributed by atoms with Crippen LogP contribution in [0.15, 0.2) is 36.9 Å². The number of nitrogens with zero attached hydrogens (tertiary/aromatic N) is 5. The average molecular weight is 311 g/mol. The zero-order valence-corrected chi connectivity index (χ0v) is 13.3. The molecule has 0 aliphatic carbocycles. The van der Waals surface area contributed by atoms with Crippen molar-refractivity contribution in [2.75, 3.05) is 24.5 Å². The molecule has 2 fully saturated rings. The van der Waals surface area contributed by atoms with Crippen molar-refractivity contribution < 1.29 is 4.79 Å². The van der Waals surface area contributed by atoms with Gasteiger partial charge >= 0.3 is 0 Å². The van der Waals surface area contributed by atoms with Crippen LogP contribution in [0.3, 0.4) is 0 Å². The Morgan fingerprint density at radius 1 is 1.30 bits per heavy atom. The molecule has 120 valence electrons. The molecule has 2 aromatic rings. The Kier molecular flexibility index (Phi) is 3.61. The highest BCUT2D eigenvalue weighted by atomic mass is 16.2. The SMILES string of the molecule is Cn1cc(N2CC[C@H]3CN(Cc4cccnc4)C[C@H]3C2=O)cn1. The number of pyridine rings is 1. The van der Waals surface area contributed by atoms with E-state index in [4.69, 9.17) is 0 Å². The van der Waals surface area contributed by atoms with Crippen LogP contribution in [0.25, 0.3) is 0 Å². The molecule has 0 aromatic carbocycles. The van der Waals surface area contributed by atoms with E-state index in [1.54, 1.807) is 17.1 Å². The molecular formula is C17H21N5O. The Morgan fingerprint density at radius 3 is 2.96 bits per heavy atom. The number of aromatic nitrogens is 3. The van der Waals surface area contributed by atoms with Crippen molar-refractivity contribution in [2.24, 2.45) is 18.9 Å². The predicted octanol–water partition coefficient (Wildman–Crippen LogP) is 1.30. The van der Waals surface area contributed by atoms with Crippen LogP contribution in [0, 0.1) is 11.8 Å². The fourth-order valence-corrected chi connectivity index (χ4v) is 3.82. The smallest absolute Gasteiger partial charge is 0.231 e. The van der Waals surface area contributed by atoms with Gasteiger partial charge in [-0.3, -0.25) is 19.4 Å². The largest absolute Gasteiger partial charge is 0.309 e. The number of fused-ring (bicyclic) bond motifs is 1. The maximum atomic E-state index is 12.9. The van der Waals surface area contributed by atoms with Gasteiger partial charge in [-0.2, -0.15) is 5.10 Å². The first-order chi connectivity index (χ1) is 11.2. The summed E-state index contributed by atoms with van der Waals surface area (Å²) in [5, 5.41) is 4.19. The number of hydrogen-bond acceptors (Lipinski definition) is 4. The Labute approximate surface area is 135 Å². The van der Waals surface area contributed by atoms with Gasteiger partial charge in [-0.15, -0.1) is 0 Å². The molecule has 6 nitrogen and oxygen atoms in total. The quantitative estimate of drug-likeness (QED) is 0.857. The van der Waals surface area contributed by atoms with Gasteiger partial charge in [-0.05, 0) is 24.0 Å². The summed E-state index contributed by atoms with van der Waals surface area (Å²) in [5.74, 6) is 0.843. The highest BCUT2D eigenvalue weighted by molar-refractivity contribution is 5.96. The van der Waals surface area contributed by atoms with E-state index in [9.17, 15) is 4.79 Å². The van der Waals surface area contributed by atoms with Gasteiger partial charge in [0.1, 0.15) is 0 Å². The van der Waals surface area contributed by atoms with E-state index in [1.165, 1.54) is 5.56 Å². The van der Waals surface area contributed by atoms with E-state index in [2.05, 4.69) is 21.0 Å². The number of anilines is 1. The molecule has 0 N–H and O–H groups in total.